The van der Waals surface area contributed by atoms with Crippen LogP contribution < -0.4 is 10.1 Å². The molecular formula is C16H20N2O. The summed E-state index contributed by atoms with van der Waals surface area (Å²) in [6, 6.07) is 13.8. The Labute approximate surface area is 114 Å². The van der Waals surface area contributed by atoms with Gasteiger partial charge in [0.1, 0.15) is 5.75 Å². The van der Waals surface area contributed by atoms with Crippen molar-refractivity contribution < 1.29 is 4.74 Å². The molecule has 1 aromatic carbocycles. The Morgan fingerprint density at radius 2 is 2.00 bits per heavy atom. The highest BCUT2D eigenvalue weighted by Crippen LogP contribution is 2.20. The molecule has 100 valence electrons. The quantitative estimate of drug-likeness (QED) is 0.800. The molecule has 0 bridgehead atoms. The first-order valence-electron chi connectivity index (χ1n) is 6.69. The van der Waals surface area contributed by atoms with Crippen LogP contribution in [0.25, 0.3) is 0 Å². The van der Waals surface area contributed by atoms with E-state index in [0.717, 1.165) is 31.0 Å². The van der Waals surface area contributed by atoms with E-state index < -0.39 is 0 Å². The first-order chi connectivity index (χ1) is 9.28. The number of aryl methyl sites for hydroxylation is 1. The molecule has 0 spiro atoms. The molecule has 3 nitrogen and oxygen atoms in total. The minimum atomic E-state index is 0.640. The van der Waals surface area contributed by atoms with Gasteiger partial charge in [-0.25, -0.2) is 4.98 Å². The average molecular weight is 256 g/mol. The Kier molecular flexibility index (Phi) is 4.93. The minimum Gasteiger partial charge on any atom is -0.439 e. The molecule has 0 atom stereocenters. The molecule has 0 fully saturated rings. The van der Waals surface area contributed by atoms with Gasteiger partial charge in [-0.05, 0) is 43.7 Å². The zero-order valence-corrected chi connectivity index (χ0v) is 11.5. The number of hydrogen-bond acceptors (Lipinski definition) is 3. The highest BCUT2D eigenvalue weighted by atomic mass is 16.5. The van der Waals surface area contributed by atoms with E-state index >= 15 is 0 Å². The molecule has 0 aliphatic heterocycles. The zero-order valence-electron chi connectivity index (χ0n) is 11.5. The number of ether oxygens (including phenoxy) is 1. The Balaban J connectivity index is 2.02. The van der Waals surface area contributed by atoms with E-state index in [-0.39, 0.29) is 0 Å². The summed E-state index contributed by atoms with van der Waals surface area (Å²) in [5.74, 6) is 1.47. The van der Waals surface area contributed by atoms with Crippen LogP contribution in [0.1, 0.15) is 24.6 Å². The SMILES string of the molecule is CCCNCc1cccc(Oc2cccc(C)c2)n1. The molecule has 1 N–H and O–H groups in total. The topological polar surface area (TPSA) is 34.1 Å². The van der Waals surface area contributed by atoms with Crippen LogP contribution in [0.2, 0.25) is 0 Å². The highest BCUT2D eigenvalue weighted by Gasteiger charge is 2.01. The van der Waals surface area contributed by atoms with Crippen molar-refractivity contribution in [2.75, 3.05) is 6.54 Å². The molecule has 2 aromatic rings. The summed E-state index contributed by atoms with van der Waals surface area (Å²) in [5.41, 5.74) is 2.18. The van der Waals surface area contributed by atoms with Gasteiger partial charge in [0, 0.05) is 12.6 Å². The monoisotopic (exact) mass is 256 g/mol. The highest BCUT2D eigenvalue weighted by molar-refractivity contribution is 5.31. The maximum absolute atomic E-state index is 5.77. The molecule has 0 aliphatic rings. The van der Waals surface area contributed by atoms with Gasteiger partial charge in [0.2, 0.25) is 5.88 Å². The van der Waals surface area contributed by atoms with Gasteiger partial charge in [-0.1, -0.05) is 25.1 Å². The smallest absolute Gasteiger partial charge is 0.219 e. The summed E-state index contributed by atoms with van der Waals surface area (Å²) in [7, 11) is 0. The fourth-order valence-electron chi connectivity index (χ4n) is 1.81. The van der Waals surface area contributed by atoms with E-state index in [1.165, 1.54) is 5.56 Å². The van der Waals surface area contributed by atoms with Crippen LogP contribution in [0.15, 0.2) is 42.5 Å². The normalized spacial score (nSPS) is 10.4. The van der Waals surface area contributed by atoms with E-state index in [1.807, 2.05) is 49.4 Å². The summed E-state index contributed by atoms with van der Waals surface area (Å²) in [5, 5.41) is 3.33. The lowest BCUT2D eigenvalue weighted by Crippen LogP contribution is -2.14. The summed E-state index contributed by atoms with van der Waals surface area (Å²) in [4.78, 5) is 4.48. The van der Waals surface area contributed by atoms with E-state index in [0.29, 0.717) is 5.88 Å². The zero-order chi connectivity index (χ0) is 13.5. The lowest BCUT2D eigenvalue weighted by atomic mass is 10.2. The molecule has 2 rings (SSSR count). The Morgan fingerprint density at radius 3 is 2.79 bits per heavy atom. The van der Waals surface area contributed by atoms with Crippen molar-refractivity contribution in [2.24, 2.45) is 0 Å². The second-order valence-electron chi connectivity index (χ2n) is 4.56. The van der Waals surface area contributed by atoms with E-state index in [4.69, 9.17) is 4.74 Å². The van der Waals surface area contributed by atoms with Gasteiger partial charge in [0.15, 0.2) is 0 Å². The Hall–Kier alpha value is -1.87. The van der Waals surface area contributed by atoms with Crippen LogP contribution in [0.4, 0.5) is 0 Å². The van der Waals surface area contributed by atoms with Crippen molar-refractivity contribution >= 4 is 0 Å². The van der Waals surface area contributed by atoms with E-state index in [2.05, 4.69) is 17.2 Å². The summed E-state index contributed by atoms with van der Waals surface area (Å²) >= 11 is 0. The molecule has 19 heavy (non-hydrogen) atoms. The number of rotatable bonds is 6. The number of benzene rings is 1. The van der Waals surface area contributed by atoms with Crippen LogP contribution in [0.5, 0.6) is 11.6 Å². The largest absolute Gasteiger partial charge is 0.439 e. The van der Waals surface area contributed by atoms with Crippen molar-refractivity contribution in [3.63, 3.8) is 0 Å². The second kappa shape index (κ2) is 6.90. The fraction of sp³-hybridized carbons (Fsp3) is 0.312. The Morgan fingerprint density at radius 1 is 1.16 bits per heavy atom. The van der Waals surface area contributed by atoms with Gasteiger partial charge >= 0.3 is 0 Å². The molecule has 0 aliphatic carbocycles. The molecular weight excluding hydrogens is 236 g/mol. The molecule has 1 aromatic heterocycles. The van der Waals surface area contributed by atoms with Crippen molar-refractivity contribution in [3.8, 4) is 11.6 Å². The number of nitrogens with zero attached hydrogens (tertiary/aromatic N) is 1. The summed E-state index contributed by atoms with van der Waals surface area (Å²) in [6.07, 6.45) is 1.12. The molecule has 0 amide bonds. The first kappa shape index (κ1) is 13.6. The molecule has 0 radical (unpaired) electrons. The maximum Gasteiger partial charge on any atom is 0.219 e. The third-order valence-electron chi connectivity index (χ3n) is 2.73. The van der Waals surface area contributed by atoms with Crippen molar-refractivity contribution in [1.82, 2.24) is 10.3 Å². The lowest BCUT2D eigenvalue weighted by Gasteiger charge is -2.07. The lowest BCUT2D eigenvalue weighted by molar-refractivity contribution is 0.459. The summed E-state index contributed by atoms with van der Waals surface area (Å²) < 4.78 is 5.77. The van der Waals surface area contributed by atoms with Gasteiger partial charge in [0.05, 0.1) is 5.69 Å². The second-order valence-corrected chi connectivity index (χ2v) is 4.56. The summed E-state index contributed by atoms with van der Waals surface area (Å²) in [6.45, 7) is 5.98. The van der Waals surface area contributed by atoms with Gasteiger partial charge in [-0.2, -0.15) is 0 Å². The van der Waals surface area contributed by atoms with Crippen molar-refractivity contribution in [3.05, 3.63) is 53.7 Å². The van der Waals surface area contributed by atoms with Gasteiger partial charge in [-0.15, -0.1) is 0 Å². The van der Waals surface area contributed by atoms with Crippen molar-refractivity contribution in [1.29, 1.82) is 0 Å². The fourth-order valence-corrected chi connectivity index (χ4v) is 1.81. The van der Waals surface area contributed by atoms with E-state index in [9.17, 15) is 0 Å². The Bertz CT molecular complexity index is 526. The molecule has 1 heterocycles. The van der Waals surface area contributed by atoms with Crippen LogP contribution in [-0.2, 0) is 6.54 Å². The third kappa shape index (κ3) is 4.38. The number of pyridine rings is 1. The van der Waals surface area contributed by atoms with Gasteiger partial charge in [-0.3, -0.25) is 0 Å². The van der Waals surface area contributed by atoms with Gasteiger partial charge in [0.25, 0.3) is 0 Å². The van der Waals surface area contributed by atoms with Crippen LogP contribution in [0.3, 0.4) is 0 Å². The number of aromatic nitrogens is 1. The predicted molar refractivity (Wildman–Crippen MR) is 77.5 cm³/mol. The molecule has 0 unspecified atom stereocenters. The minimum absolute atomic E-state index is 0.640. The first-order valence-corrected chi connectivity index (χ1v) is 6.69. The maximum atomic E-state index is 5.77. The van der Waals surface area contributed by atoms with E-state index in [1.54, 1.807) is 0 Å². The average Bonchev–Trinajstić information content (AvgIpc) is 2.39. The van der Waals surface area contributed by atoms with Gasteiger partial charge < -0.3 is 10.1 Å². The standard InChI is InChI=1S/C16H20N2O/c1-3-10-17-12-14-7-5-9-16(18-14)19-15-8-4-6-13(2)11-15/h4-9,11,17H,3,10,12H2,1-2H3. The van der Waals surface area contributed by atoms with Crippen LogP contribution >= 0.6 is 0 Å². The predicted octanol–water partition coefficient (Wildman–Crippen LogP) is 3.68. The van der Waals surface area contributed by atoms with Crippen LogP contribution in [-0.4, -0.2) is 11.5 Å². The number of nitrogens with one attached hydrogen (secondary N) is 1. The molecule has 3 heteroatoms. The molecule has 0 saturated heterocycles. The van der Waals surface area contributed by atoms with Crippen LogP contribution in [0, 0.1) is 6.92 Å². The molecule has 0 saturated carbocycles. The number of hydrogen-bond donors (Lipinski definition) is 1. The third-order valence-corrected chi connectivity index (χ3v) is 2.73. The van der Waals surface area contributed by atoms with Crippen molar-refractivity contribution in [2.45, 2.75) is 26.8 Å².